The summed E-state index contributed by atoms with van der Waals surface area (Å²) in [5, 5.41) is 0. The number of carbonyl (C=O) groups excluding carboxylic acids is 1. The molecule has 0 aliphatic carbocycles. The van der Waals surface area contributed by atoms with Crippen molar-refractivity contribution in [2.45, 2.75) is 21.3 Å². The van der Waals surface area contributed by atoms with E-state index in [0.717, 1.165) is 0 Å². The largest absolute Gasteiger partial charge is 0.505 e. The molecule has 2 heteroatoms. The van der Waals surface area contributed by atoms with Crippen LogP contribution in [-0.2, 0) is 9.53 Å². The van der Waals surface area contributed by atoms with E-state index >= 15 is 0 Å². The van der Waals surface area contributed by atoms with Gasteiger partial charge in [0, 0.05) is 0 Å². The molecule has 0 fully saturated rings. The van der Waals surface area contributed by atoms with Crippen LogP contribution in [0.5, 0.6) is 0 Å². The molecule has 0 radical (unpaired) electrons. The maximum absolute atomic E-state index is 9.44. The molecular weight excluding hydrogens is 116 g/mol. The SMILES string of the molecule is C.C=COC.CC(C)=O. The van der Waals surface area contributed by atoms with E-state index in [4.69, 9.17) is 0 Å². The van der Waals surface area contributed by atoms with Gasteiger partial charge in [-0.1, -0.05) is 14.0 Å². The van der Waals surface area contributed by atoms with Gasteiger partial charge in [-0.15, -0.1) is 0 Å². The lowest BCUT2D eigenvalue weighted by atomic mass is 10.6. The summed E-state index contributed by atoms with van der Waals surface area (Å²) in [6.07, 6.45) is 1.38. The van der Waals surface area contributed by atoms with E-state index in [1.54, 1.807) is 7.11 Å². The molecule has 0 amide bonds. The standard InChI is InChI=1S/2C3H6O.CH4/c1-3-4-2;1-3(2)4;/h3H,1H2,2H3;1-2H3;1H4. The van der Waals surface area contributed by atoms with Crippen LogP contribution in [0, 0.1) is 0 Å². The Balaban J connectivity index is -0.0000000720. The summed E-state index contributed by atoms with van der Waals surface area (Å²) in [7, 11) is 1.56. The van der Waals surface area contributed by atoms with Gasteiger partial charge in [-0.25, -0.2) is 0 Å². The molecule has 2 nitrogen and oxygen atoms in total. The van der Waals surface area contributed by atoms with Crippen molar-refractivity contribution in [1.82, 2.24) is 0 Å². The molecule has 0 N–H and O–H groups in total. The summed E-state index contributed by atoms with van der Waals surface area (Å²) in [4.78, 5) is 9.44. The molecule has 0 bridgehead atoms. The van der Waals surface area contributed by atoms with Crippen LogP contribution in [0.4, 0.5) is 0 Å². The van der Waals surface area contributed by atoms with E-state index in [1.807, 2.05) is 0 Å². The Morgan fingerprint density at radius 1 is 1.56 bits per heavy atom. The molecule has 0 heterocycles. The summed E-state index contributed by atoms with van der Waals surface area (Å²) in [5.41, 5.74) is 0. The predicted octanol–water partition coefficient (Wildman–Crippen LogP) is 2.01. The van der Waals surface area contributed by atoms with Crippen LogP contribution in [0.15, 0.2) is 12.8 Å². The number of ketones is 1. The van der Waals surface area contributed by atoms with Gasteiger partial charge >= 0.3 is 0 Å². The molecule has 56 valence electrons. The lowest BCUT2D eigenvalue weighted by molar-refractivity contribution is -0.114. The zero-order valence-corrected chi connectivity index (χ0v) is 5.60. The lowest BCUT2D eigenvalue weighted by Gasteiger charge is -1.73. The molecule has 0 aromatic heterocycles. The Bertz CT molecular complexity index is 63.3. The van der Waals surface area contributed by atoms with Crippen molar-refractivity contribution in [3.63, 3.8) is 0 Å². The van der Waals surface area contributed by atoms with Crippen molar-refractivity contribution in [3.05, 3.63) is 12.8 Å². The minimum Gasteiger partial charge on any atom is -0.505 e. The zero-order chi connectivity index (χ0) is 6.99. The summed E-state index contributed by atoms with van der Waals surface area (Å²) in [6.45, 7) is 6.31. The second-order valence-corrected chi connectivity index (χ2v) is 1.31. The van der Waals surface area contributed by atoms with E-state index in [9.17, 15) is 4.79 Å². The molecule has 0 unspecified atom stereocenters. The van der Waals surface area contributed by atoms with Gasteiger partial charge in [0.1, 0.15) is 5.78 Å². The molecule has 0 aromatic rings. The number of hydrogen-bond acceptors (Lipinski definition) is 2. The monoisotopic (exact) mass is 132 g/mol. The van der Waals surface area contributed by atoms with Crippen LogP contribution in [0.1, 0.15) is 21.3 Å². The van der Waals surface area contributed by atoms with Crippen LogP contribution in [0.2, 0.25) is 0 Å². The number of carbonyl (C=O) groups is 1. The molecule has 0 aromatic carbocycles. The summed E-state index contributed by atoms with van der Waals surface area (Å²) in [6, 6.07) is 0. The molecule has 0 saturated carbocycles. The molecule has 0 spiro atoms. The third-order valence-corrected chi connectivity index (χ3v) is 0.167. The second-order valence-electron chi connectivity index (χ2n) is 1.31. The Morgan fingerprint density at radius 3 is 1.67 bits per heavy atom. The van der Waals surface area contributed by atoms with Crippen LogP contribution < -0.4 is 0 Å². The summed E-state index contributed by atoms with van der Waals surface area (Å²) < 4.78 is 4.31. The maximum Gasteiger partial charge on any atom is 0.126 e. The highest BCUT2D eigenvalue weighted by Gasteiger charge is 1.62. The highest BCUT2D eigenvalue weighted by atomic mass is 16.5. The fourth-order valence-electron chi connectivity index (χ4n) is 0. The lowest BCUT2D eigenvalue weighted by Crippen LogP contribution is -1.69. The Labute approximate surface area is 57.5 Å². The van der Waals surface area contributed by atoms with E-state index in [2.05, 4.69) is 11.3 Å². The van der Waals surface area contributed by atoms with Crippen molar-refractivity contribution in [3.8, 4) is 0 Å². The summed E-state index contributed by atoms with van der Waals surface area (Å²) >= 11 is 0. The van der Waals surface area contributed by atoms with E-state index < -0.39 is 0 Å². The Morgan fingerprint density at radius 2 is 1.67 bits per heavy atom. The second kappa shape index (κ2) is 15.7. The van der Waals surface area contributed by atoms with Crippen LogP contribution in [0.25, 0.3) is 0 Å². The number of rotatable bonds is 1. The number of hydrogen-bond donors (Lipinski definition) is 0. The van der Waals surface area contributed by atoms with Crippen molar-refractivity contribution >= 4 is 5.78 Å². The third kappa shape index (κ3) is 4440. The third-order valence-electron chi connectivity index (χ3n) is 0.167. The highest BCUT2D eigenvalue weighted by Crippen LogP contribution is 1.52. The molecule has 0 aliphatic rings. The van der Waals surface area contributed by atoms with Crippen molar-refractivity contribution in [2.75, 3.05) is 7.11 Å². The van der Waals surface area contributed by atoms with Crippen molar-refractivity contribution < 1.29 is 9.53 Å². The van der Waals surface area contributed by atoms with Crippen molar-refractivity contribution in [1.29, 1.82) is 0 Å². The molecule has 9 heavy (non-hydrogen) atoms. The minimum absolute atomic E-state index is 0. The smallest absolute Gasteiger partial charge is 0.126 e. The normalized spacial score (nSPS) is 5.22. The van der Waals surface area contributed by atoms with Gasteiger partial charge < -0.3 is 9.53 Å². The number of methoxy groups -OCH3 is 1. The van der Waals surface area contributed by atoms with Gasteiger partial charge in [-0.05, 0) is 13.8 Å². The molecule has 0 saturated heterocycles. The van der Waals surface area contributed by atoms with Gasteiger partial charge in [0.05, 0.1) is 13.4 Å². The maximum atomic E-state index is 9.44. The fraction of sp³-hybridized carbons (Fsp3) is 0.571. The molecule has 0 aliphatic heterocycles. The van der Waals surface area contributed by atoms with Gasteiger partial charge in [-0.2, -0.15) is 0 Å². The van der Waals surface area contributed by atoms with Gasteiger partial charge in [0.15, 0.2) is 0 Å². The molecular formula is C7H16O2. The highest BCUT2D eigenvalue weighted by molar-refractivity contribution is 5.72. The average molecular weight is 132 g/mol. The quantitative estimate of drug-likeness (QED) is 0.510. The first-order chi connectivity index (χ1) is 3.65. The number of Topliss-reactive ketones (excluding diaryl/α,β-unsaturated/α-hetero) is 1. The number of ether oxygens (including phenoxy) is 1. The van der Waals surface area contributed by atoms with Gasteiger partial charge in [-0.3, -0.25) is 0 Å². The van der Waals surface area contributed by atoms with E-state index in [-0.39, 0.29) is 13.2 Å². The van der Waals surface area contributed by atoms with Crippen LogP contribution in [0.3, 0.4) is 0 Å². The summed E-state index contributed by atoms with van der Waals surface area (Å²) in [5.74, 6) is 0.167. The first kappa shape index (κ1) is 15.7. The first-order valence-electron chi connectivity index (χ1n) is 2.26. The Kier molecular flexibility index (Phi) is 27.4. The van der Waals surface area contributed by atoms with Crippen LogP contribution in [-0.4, -0.2) is 12.9 Å². The van der Waals surface area contributed by atoms with E-state index in [1.165, 1.54) is 20.1 Å². The fourth-order valence-corrected chi connectivity index (χ4v) is 0. The predicted molar refractivity (Wildman–Crippen MR) is 40.3 cm³/mol. The van der Waals surface area contributed by atoms with Crippen LogP contribution >= 0.6 is 0 Å². The topological polar surface area (TPSA) is 26.3 Å². The zero-order valence-electron chi connectivity index (χ0n) is 5.60. The molecule has 0 atom stereocenters. The average Bonchev–Trinajstić information content (AvgIpc) is 1.65. The molecule has 0 rings (SSSR count). The van der Waals surface area contributed by atoms with Crippen molar-refractivity contribution in [2.24, 2.45) is 0 Å². The first-order valence-corrected chi connectivity index (χ1v) is 2.26. The minimum atomic E-state index is 0. The van der Waals surface area contributed by atoms with Gasteiger partial charge in [0.25, 0.3) is 0 Å². The Hall–Kier alpha value is -0.790. The van der Waals surface area contributed by atoms with E-state index in [0.29, 0.717) is 0 Å². The van der Waals surface area contributed by atoms with Gasteiger partial charge in [0.2, 0.25) is 0 Å².